The van der Waals surface area contributed by atoms with Crippen molar-refractivity contribution in [2.24, 2.45) is 0 Å². The number of aryl methyl sites for hydroxylation is 1. The average molecular weight is 536 g/mol. The zero-order valence-corrected chi connectivity index (χ0v) is 21.1. The van der Waals surface area contributed by atoms with E-state index in [1.807, 2.05) is 0 Å². The van der Waals surface area contributed by atoms with Crippen LogP contribution >= 0.6 is 22.7 Å². The van der Waals surface area contributed by atoms with Crippen LogP contribution in [-0.2, 0) is 11.2 Å². The van der Waals surface area contributed by atoms with E-state index in [2.05, 4.69) is 26.7 Å². The van der Waals surface area contributed by atoms with Crippen molar-refractivity contribution in [3.05, 3.63) is 93.1 Å². The molecule has 0 aliphatic heterocycles. The van der Waals surface area contributed by atoms with Crippen LogP contribution in [0.4, 0.5) is 4.39 Å². The van der Waals surface area contributed by atoms with Crippen molar-refractivity contribution in [3.8, 4) is 16.6 Å². The summed E-state index contributed by atoms with van der Waals surface area (Å²) in [6, 6.07) is 14.3. The number of carbonyl (C=O) groups is 2. The van der Waals surface area contributed by atoms with Crippen LogP contribution in [0.25, 0.3) is 10.6 Å². The smallest absolute Gasteiger partial charge is 0.263 e. The Morgan fingerprint density at radius 2 is 1.86 bits per heavy atom. The Labute approximate surface area is 220 Å². The van der Waals surface area contributed by atoms with Crippen LogP contribution in [0.2, 0.25) is 0 Å². The summed E-state index contributed by atoms with van der Waals surface area (Å²) in [6.07, 6.45) is 2.86. The molecule has 0 saturated carbocycles. The molecule has 0 spiro atoms. The summed E-state index contributed by atoms with van der Waals surface area (Å²) in [5.74, 6) is -1.25. The fraction of sp³-hybridized carbons (Fsp3) is 0.192. The third-order valence-corrected chi connectivity index (χ3v) is 7.38. The van der Waals surface area contributed by atoms with Gasteiger partial charge in [-0.1, -0.05) is 24.3 Å². The second-order valence-electron chi connectivity index (χ2n) is 8.06. The molecule has 2 aromatic carbocycles. The van der Waals surface area contributed by atoms with Gasteiger partial charge in [0.05, 0.1) is 30.4 Å². The lowest BCUT2D eigenvalue weighted by molar-refractivity contribution is -0.121. The van der Waals surface area contributed by atoms with E-state index >= 15 is 0 Å². The molecule has 2 atom stereocenters. The Hall–Kier alpha value is -3.98. The third-order valence-electron chi connectivity index (χ3n) is 5.49. The number of hydrogen-bond donors (Lipinski definition) is 3. The van der Waals surface area contributed by atoms with Crippen molar-refractivity contribution in [1.29, 1.82) is 5.26 Å². The maximum absolute atomic E-state index is 13.2. The van der Waals surface area contributed by atoms with Crippen molar-refractivity contribution in [1.82, 2.24) is 20.6 Å². The zero-order valence-electron chi connectivity index (χ0n) is 19.4. The molecule has 0 fully saturated rings. The second kappa shape index (κ2) is 12.3. The molecule has 0 radical (unpaired) electrons. The SMILES string of the molecule is N#Cc1ccc(-c2ncc(C(=O)NCC(=O)NC(CCc3ccc(F)cc3)C(O)c3nccs3)s2)cc1. The lowest BCUT2D eigenvalue weighted by Crippen LogP contribution is -2.44. The van der Waals surface area contributed by atoms with Gasteiger partial charge in [0.1, 0.15) is 26.8 Å². The molecule has 2 unspecified atom stereocenters. The van der Waals surface area contributed by atoms with Crippen molar-refractivity contribution in [3.63, 3.8) is 0 Å². The number of halogens is 1. The lowest BCUT2D eigenvalue weighted by atomic mass is 10.0. The Morgan fingerprint density at radius 1 is 1.11 bits per heavy atom. The molecule has 0 aliphatic rings. The summed E-state index contributed by atoms with van der Waals surface area (Å²) in [5.41, 5.74) is 2.17. The van der Waals surface area contributed by atoms with E-state index in [1.165, 1.54) is 41.0 Å². The van der Waals surface area contributed by atoms with Gasteiger partial charge in [0.15, 0.2) is 0 Å². The molecule has 0 saturated heterocycles. The molecule has 4 aromatic rings. The number of nitriles is 1. The second-order valence-corrected chi connectivity index (χ2v) is 10.0. The molecule has 2 heterocycles. The van der Waals surface area contributed by atoms with Crippen molar-refractivity contribution in [2.75, 3.05) is 6.54 Å². The van der Waals surface area contributed by atoms with Crippen LogP contribution in [0.1, 0.15) is 38.3 Å². The van der Waals surface area contributed by atoms with Gasteiger partial charge in [0, 0.05) is 17.1 Å². The van der Waals surface area contributed by atoms with Gasteiger partial charge in [-0.2, -0.15) is 5.26 Å². The fourth-order valence-corrected chi connectivity index (χ4v) is 5.06. The molecule has 4 rings (SSSR count). The van der Waals surface area contributed by atoms with Gasteiger partial charge in [-0.25, -0.2) is 14.4 Å². The highest BCUT2D eigenvalue weighted by molar-refractivity contribution is 7.16. The highest BCUT2D eigenvalue weighted by atomic mass is 32.1. The Kier molecular flexibility index (Phi) is 8.68. The monoisotopic (exact) mass is 535 g/mol. The molecule has 188 valence electrons. The molecular weight excluding hydrogens is 513 g/mol. The van der Waals surface area contributed by atoms with E-state index in [0.717, 1.165) is 11.1 Å². The molecule has 11 heteroatoms. The van der Waals surface area contributed by atoms with Gasteiger partial charge < -0.3 is 15.7 Å². The highest BCUT2D eigenvalue weighted by Gasteiger charge is 2.25. The molecule has 2 amide bonds. The quantitative estimate of drug-likeness (QED) is 0.283. The number of hydrogen-bond acceptors (Lipinski definition) is 8. The molecule has 3 N–H and O–H groups in total. The van der Waals surface area contributed by atoms with Crippen LogP contribution in [0.5, 0.6) is 0 Å². The number of benzene rings is 2. The first-order valence-electron chi connectivity index (χ1n) is 11.3. The van der Waals surface area contributed by atoms with Crippen molar-refractivity contribution < 1.29 is 19.1 Å². The van der Waals surface area contributed by atoms with E-state index in [4.69, 9.17) is 5.26 Å². The number of amides is 2. The average Bonchev–Trinajstić information content (AvgIpc) is 3.63. The van der Waals surface area contributed by atoms with Gasteiger partial charge in [-0.05, 0) is 42.7 Å². The standard InChI is InChI=1S/C26H22FN5O3S2/c27-19-8-3-16(4-9-19)5-10-20(23(34)26-29-11-12-36-26)32-22(33)15-30-24(35)21-14-31-25(37-21)18-6-1-17(13-28)2-7-18/h1-4,6-9,11-12,14,20,23,34H,5,10,15H2,(H,30,35)(H,32,33). The summed E-state index contributed by atoms with van der Waals surface area (Å²) in [5, 5.41) is 27.9. The van der Waals surface area contributed by atoms with Gasteiger partial charge in [-0.3, -0.25) is 9.59 Å². The number of aliphatic hydroxyl groups is 1. The maximum Gasteiger partial charge on any atom is 0.263 e. The van der Waals surface area contributed by atoms with Crippen molar-refractivity contribution >= 4 is 34.5 Å². The fourth-order valence-electron chi connectivity index (χ4n) is 3.54. The number of aromatic nitrogens is 2. The van der Waals surface area contributed by atoms with E-state index in [0.29, 0.717) is 33.3 Å². The van der Waals surface area contributed by atoms with Crippen LogP contribution in [-0.4, -0.2) is 39.5 Å². The molecule has 37 heavy (non-hydrogen) atoms. The maximum atomic E-state index is 13.2. The first-order valence-corrected chi connectivity index (χ1v) is 13.0. The zero-order chi connectivity index (χ0) is 26.2. The molecule has 0 aliphatic carbocycles. The minimum atomic E-state index is -1.03. The van der Waals surface area contributed by atoms with Crippen LogP contribution in [0.15, 0.2) is 66.3 Å². The Balaban J connectivity index is 1.35. The topological polar surface area (TPSA) is 128 Å². The number of carbonyl (C=O) groups excluding carboxylic acids is 2. The number of rotatable bonds is 10. The number of nitrogens with zero attached hydrogens (tertiary/aromatic N) is 3. The summed E-state index contributed by atoms with van der Waals surface area (Å²) < 4.78 is 13.2. The predicted molar refractivity (Wildman–Crippen MR) is 138 cm³/mol. The number of aliphatic hydroxyl groups excluding tert-OH is 1. The van der Waals surface area contributed by atoms with Gasteiger partial charge >= 0.3 is 0 Å². The Morgan fingerprint density at radius 3 is 2.54 bits per heavy atom. The normalized spacial score (nSPS) is 12.4. The molecular formula is C26H22FN5O3S2. The lowest BCUT2D eigenvalue weighted by Gasteiger charge is -2.23. The summed E-state index contributed by atoms with van der Waals surface area (Å²) in [7, 11) is 0. The number of nitrogens with one attached hydrogen (secondary N) is 2. The first-order chi connectivity index (χ1) is 17.9. The molecule has 8 nitrogen and oxygen atoms in total. The Bertz CT molecular complexity index is 1380. The van der Waals surface area contributed by atoms with Gasteiger partial charge in [0.25, 0.3) is 5.91 Å². The largest absolute Gasteiger partial charge is 0.384 e. The highest BCUT2D eigenvalue weighted by Crippen LogP contribution is 2.25. The molecule has 2 aromatic heterocycles. The van der Waals surface area contributed by atoms with Gasteiger partial charge in [-0.15, -0.1) is 22.7 Å². The van der Waals surface area contributed by atoms with E-state index in [1.54, 1.807) is 48.0 Å². The minimum Gasteiger partial charge on any atom is -0.384 e. The van der Waals surface area contributed by atoms with Crippen LogP contribution in [0.3, 0.4) is 0 Å². The van der Waals surface area contributed by atoms with E-state index < -0.39 is 24.0 Å². The number of thiazole rings is 2. The van der Waals surface area contributed by atoms with E-state index in [-0.39, 0.29) is 12.4 Å². The summed E-state index contributed by atoms with van der Waals surface area (Å²) in [4.78, 5) is 34.0. The third kappa shape index (κ3) is 7.04. The predicted octanol–water partition coefficient (Wildman–Crippen LogP) is 3.86. The van der Waals surface area contributed by atoms with Crippen LogP contribution in [0, 0.1) is 17.1 Å². The van der Waals surface area contributed by atoms with E-state index in [9.17, 15) is 19.1 Å². The molecule has 0 bridgehead atoms. The van der Waals surface area contributed by atoms with Crippen molar-refractivity contribution in [2.45, 2.75) is 25.0 Å². The van der Waals surface area contributed by atoms with Crippen LogP contribution < -0.4 is 10.6 Å². The summed E-state index contributed by atoms with van der Waals surface area (Å²) in [6.45, 7) is -0.291. The summed E-state index contributed by atoms with van der Waals surface area (Å²) >= 11 is 2.45. The minimum absolute atomic E-state index is 0.291. The van der Waals surface area contributed by atoms with Gasteiger partial charge in [0.2, 0.25) is 5.91 Å². The first kappa shape index (κ1) is 26.1.